The van der Waals surface area contributed by atoms with E-state index in [0.717, 1.165) is 55.9 Å². The number of hydrogen-bond acceptors (Lipinski definition) is 3. The molecule has 9 aromatic rings. The summed E-state index contributed by atoms with van der Waals surface area (Å²) in [6, 6.07) is 57.6. The Morgan fingerprint density at radius 3 is 1.63 bits per heavy atom. The Balaban J connectivity index is 1.24. The maximum atomic E-state index is 5.26. The average molecular weight is 690 g/mol. The zero-order valence-corrected chi connectivity index (χ0v) is 29.7. The molecule has 0 aliphatic heterocycles. The highest BCUT2D eigenvalue weighted by Gasteiger charge is 2.18. The number of aromatic nitrogens is 3. The Hall–Kier alpha value is -7.23. The highest BCUT2D eigenvalue weighted by Crippen LogP contribution is 2.44. The molecule has 7 aromatic carbocycles. The van der Waals surface area contributed by atoms with Crippen LogP contribution in [0.5, 0.6) is 0 Å². The maximum Gasteiger partial charge on any atom is 0.160 e. The van der Waals surface area contributed by atoms with Crippen LogP contribution >= 0.6 is 0 Å². The molecule has 9 rings (SSSR count). The smallest absolute Gasteiger partial charge is 0.160 e. The minimum Gasteiger partial charge on any atom is -0.264 e. The summed E-state index contributed by atoms with van der Waals surface area (Å²) in [5.74, 6) is 0.647. The summed E-state index contributed by atoms with van der Waals surface area (Å²) in [6.45, 7) is 8.21. The minimum atomic E-state index is 0.647. The third kappa shape index (κ3) is 5.88. The average Bonchev–Trinajstić information content (AvgIpc) is 3.25. The van der Waals surface area contributed by atoms with Crippen molar-refractivity contribution < 1.29 is 0 Å². The monoisotopic (exact) mass is 689 g/mol. The molecule has 0 atom stereocenters. The number of rotatable bonds is 8. The van der Waals surface area contributed by atoms with Crippen molar-refractivity contribution in [2.45, 2.75) is 0 Å². The second-order valence-corrected chi connectivity index (χ2v) is 13.3. The molecule has 0 amide bonds. The lowest BCUT2D eigenvalue weighted by Gasteiger charge is -2.18. The molecule has 2 heterocycles. The van der Waals surface area contributed by atoms with Crippen LogP contribution in [0.1, 0.15) is 11.1 Å². The quantitative estimate of drug-likeness (QED) is 0.149. The highest BCUT2D eigenvalue weighted by molar-refractivity contribution is 6.21. The van der Waals surface area contributed by atoms with Crippen molar-refractivity contribution in [2.75, 3.05) is 0 Å². The third-order valence-corrected chi connectivity index (χ3v) is 10.1. The maximum absolute atomic E-state index is 5.26. The van der Waals surface area contributed by atoms with E-state index in [4.69, 9.17) is 9.97 Å². The molecule has 3 heteroatoms. The highest BCUT2D eigenvalue weighted by atomic mass is 14.9. The lowest BCUT2D eigenvalue weighted by atomic mass is 9.85. The molecular formula is C51H35N3. The second-order valence-electron chi connectivity index (χ2n) is 13.3. The zero-order valence-electron chi connectivity index (χ0n) is 29.7. The molecule has 2 aromatic heterocycles. The third-order valence-electron chi connectivity index (χ3n) is 10.1. The summed E-state index contributed by atoms with van der Waals surface area (Å²) < 4.78 is 0. The van der Waals surface area contributed by atoms with Gasteiger partial charge in [-0.3, -0.25) is 4.98 Å². The zero-order chi connectivity index (χ0) is 36.4. The first kappa shape index (κ1) is 32.7. The van der Waals surface area contributed by atoms with Crippen molar-refractivity contribution in [1.82, 2.24) is 15.0 Å². The lowest BCUT2D eigenvalue weighted by molar-refractivity contribution is 1.18. The van der Waals surface area contributed by atoms with Gasteiger partial charge in [0, 0.05) is 29.1 Å². The predicted octanol–water partition coefficient (Wildman–Crippen LogP) is 13.5. The van der Waals surface area contributed by atoms with Crippen LogP contribution in [0.15, 0.2) is 189 Å². The summed E-state index contributed by atoms with van der Waals surface area (Å²) in [7, 11) is 0. The first-order valence-corrected chi connectivity index (χ1v) is 18.1. The van der Waals surface area contributed by atoms with Crippen molar-refractivity contribution in [1.29, 1.82) is 0 Å². The topological polar surface area (TPSA) is 38.7 Å². The van der Waals surface area contributed by atoms with E-state index in [-0.39, 0.29) is 0 Å². The van der Waals surface area contributed by atoms with E-state index in [2.05, 4.69) is 170 Å². The molecule has 0 saturated heterocycles. The van der Waals surface area contributed by atoms with Gasteiger partial charge >= 0.3 is 0 Å². The Morgan fingerprint density at radius 2 is 0.981 bits per heavy atom. The van der Waals surface area contributed by atoms with Gasteiger partial charge in [-0.2, -0.15) is 0 Å². The Bertz CT molecular complexity index is 2780. The number of fused-ring (bicyclic) bond motifs is 2. The molecule has 0 unspecified atom stereocenters. The fourth-order valence-corrected chi connectivity index (χ4v) is 7.61. The van der Waals surface area contributed by atoms with Gasteiger partial charge in [-0.05, 0) is 84.3 Å². The Morgan fingerprint density at radius 1 is 0.407 bits per heavy atom. The van der Waals surface area contributed by atoms with Gasteiger partial charge in [-0.1, -0.05) is 171 Å². The molecule has 254 valence electrons. The van der Waals surface area contributed by atoms with Crippen molar-refractivity contribution in [3.05, 3.63) is 200 Å². The molecule has 0 fully saturated rings. The van der Waals surface area contributed by atoms with Gasteiger partial charge in [0.2, 0.25) is 0 Å². The van der Waals surface area contributed by atoms with Gasteiger partial charge in [-0.25, -0.2) is 9.97 Å². The van der Waals surface area contributed by atoms with E-state index >= 15 is 0 Å². The molecule has 3 nitrogen and oxygen atoms in total. The van der Waals surface area contributed by atoms with Gasteiger partial charge in [-0.15, -0.1) is 0 Å². The number of nitrogens with zero attached hydrogens (tertiary/aromatic N) is 3. The summed E-state index contributed by atoms with van der Waals surface area (Å²) in [5, 5.41) is 4.84. The van der Waals surface area contributed by atoms with Crippen molar-refractivity contribution in [3.63, 3.8) is 0 Å². The first-order chi connectivity index (χ1) is 26.7. The van der Waals surface area contributed by atoms with Crippen LogP contribution in [-0.4, -0.2) is 15.0 Å². The largest absolute Gasteiger partial charge is 0.264 e. The summed E-state index contributed by atoms with van der Waals surface area (Å²) >= 11 is 0. The molecule has 0 radical (unpaired) electrons. The van der Waals surface area contributed by atoms with E-state index in [1.807, 2.05) is 30.5 Å². The molecule has 0 aliphatic carbocycles. The van der Waals surface area contributed by atoms with Crippen LogP contribution in [0.4, 0.5) is 0 Å². The predicted molar refractivity (Wildman–Crippen MR) is 228 cm³/mol. The summed E-state index contributed by atoms with van der Waals surface area (Å²) in [4.78, 5) is 14.8. The van der Waals surface area contributed by atoms with Gasteiger partial charge < -0.3 is 0 Å². The van der Waals surface area contributed by atoms with Crippen LogP contribution in [0.2, 0.25) is 0 Å². The minimum absolute atomic E-state index is 0.647. The van der Waals surface area contributed by atoms with Gasteiger partial charge in [0.05, 0.1) is 11.4 Å². The molecule has 0 saturated carbocycles. The van der Waals surface area contributed by atoms with Crippen LogP contribution in [0.3, 0.4) is 0 Å². The van der Waals surface area contributed by atoms with E-state index < -0.39 is 0 Å². The van der Waals surface area contributed by atoms with Crippen LogP contribution in [0.25, 0.3) is 101 Å². The van der Waals surface area contributed by atoms with Gasteiger partial charge in [0.1, 0.15) is 0 Å². The van der Waals surface area contributed by atoms with Crippen LogP contribution in [-0.2, 0) is 0 Å². The molecular weight excluding hydrogens is 655 g/mol. The number of pyridine rings is 1. The van der Waals surface area contributed by atoms with E-state index in [1.54, 1.807) is 6.20 Å². The van der Waals surface area contributed by atoms with Gasteiger partial charge in [0.25, 0.3) is 0 Å². The Labute approximate surface area is 315 Å². The SMILES string of the molecule is C=Cc1cccc(-c2cc(-c3ccc(-c4cccnc4)cc3)nc(-c3cccc(-c4c5ccccc5c(-c5ccccc5)c5ccccc45)c3)n2)c1C=C. The van der Waals surface area contributed by atoms with Gasteiger partial charge in [0.15, 0.2) is 5.82 Å². The van der Waals surface area contributed by atoms with Crippen LogP contribution < -0.4 is 0 Å². The van der Waals surface area contributed by atoms with Crippen molar-refractivity contribution >= 4 is 33.7 Å². The Kier molecular flexibility index (Phi) is 8.51. The molecule has 54 heavy (non-hydrogen) atoms. The number of hydrogen-bond donors (Lipinski definition) is 0. The van der Waals surface area contributed by atoms with Crippen molar-refractivity contribution in [3.8, 4) is 67.3 Å². The summed E-state index contributed by atoms with van der Waals surface area (Å²) in [6.07, 6.45) is 7.42. The molecule has 0 aliphatic rings. The molecule has 0 N–H and O–H groups in total. The van der Waals surface area contributed by atoms with Crippen molar-refractivity contribution in [2.24, 2.45) is 0 Å². The number of benzene rings is 7. The van der Waals surface area contributed by atoms with E-state index in [1.165, 1.54) is 38.2 Å². The fourth-order valence-electron chi connectivity index (χ4n) is 7.61. The van der Waals surface area contributed by atoms with Crippen LogP contribution in [0, 0.1) is 0 Å². The molecule has 0 bridgehead atoms. The normalized spacial score (nSPS) is 11.1. The molecule has 0 spiro atoms. The van der Waals surface area contributed by atoms with E-state index in [0.29, 0.717) is 5.82 Å². The summed E-state index contributed by atoms with van der Waals surface area (Å²) in [5.41, 5.74) is 13.5. The second kappa shape index (κ2) is 14.1. The lowest BCUT2D eigenvalue weighted by Crippen LogP contribution is -1.98. The standard InChI is InChI=1S/C51H35N3/c1-3-34-17-13-25-42(41(34)4-2)48-32-47(36-28-26-35(27-29-36)40-20-14-30-52-33-40)53-51(54-48)39-19-12-18-38(31-39)50-45-23-10-8-21-43(45)49(37-15-6-5-7-16-37)44-22-9-11-24-46(44)50/h3-33H,1-2H2. The van der Waals surface area contributed by atoms with E-state index in [9.17, 15) is 0 Å². The first-order valence-electron chi connectivity index (χ1n) is 18.1. The fraction of sp³-hybridized carbons (Fsp3) is 0.